The van der Waals surface area contributed by atoms with E-state index >= 15 is 0 Å². The number of piperazine rings is 1. The summed E-state index contributed by atoms with van der Waals surface area (Å²) in [6.45, 7) is 3.67. The molecule has 1 heterocycles. The van der Waals surface area contributed by atoms with Gasteiger partial charge in [-0.3, -0.25) is 4.79 Å². The molecule has 1 atom stereocenters. The van der Waals surface area contributed by atoms with Gasteiger partial charge in [0.05, 0.1) is 6.04 Å². The minimum atomic E-state index is -0.0689. The smallest absolute Gasteiger partial charge is 0.237 e. The Morgan fingerprint density at radius 2 is 2.27 bits per heavy atom. The van der Waals surface area contributed by atoms with Gasteiger partial charge in [0.1, 0.15) is 0 Å². The highest BCUT2D eigenvalue weighted by atomic mass is 16.2. The zero-order valence-corrected chi connectivity index (χ0v) is 8.92. The highest BCUT2D eigenvalue weighted by Crippen LogP contribution is 2.07. The molecular weight excluding hydrogens is 188 g/mol. The second kappa shape index (κ2) is 4.45. The zero-order valence-electron chi connectivity index (χ0n) is 8.92. The fourth-order valence-corrected chi connectivity index (χ4v) is 1.89. The maximum Gasteiger partial charge on any atom is 0.237 e. The van der Waals surface area contributed by atoms with Crippen LogP contribution >= 0.6 is 0 Å². The molecular formula is C12H16N2O. The van der Waals surface area contributed by atoms with Gasteiger partial charge in [-0.25, -0.2) is 0 Å². The molecule has 1 aromatic carbocycles. The van der Waals surface area contributed by atoms with Gasteiger partial charge in [-0.15, -0.1) is 0 Å². The third-order valence-electron chi connectivity index (χ3n) is 2.65. The minimum absolute atomic E-state index is 0.0689. The van der Waals surface area contributed by atoms with Gasteiger partial charge in [0.2, 0.25) is 5.91 Å². The van der Waals surface area contributed by atoms with Crippen molar-refractivity contribution in [3.05, 3.63) is 35.4 Å². The van der Waals surface area contributed by atoms with Crippen LogP contribution in [-0.2, 0) is 11.2 Å². The standard InChI is InChI=1S/C12H16N2O/c1-9-3-2-4-10(7-9)8-11-12(15)14-6-5-13-11/h2-4,7,11,13H,5-6,8H2,1H3,(H,14,15)/t11-/m0/s1. The van der Waals surface area contributed by atoms with Gasteiger partial charge in [0.15, 0.2) is 0 Å². The van der Waals surface area contributed by atoms with Crippen molar-refractivity contribution in [2.24, 2.45) is 0 Å². The van der Waals surface area contributed by atoms with Gasteiger partial charge in [0.25, 0.3) is 0 Å². The summed E-state index contributed by atoms with van der Waals surface area (Å²) >= 11 is 0. The Hall–Kier alpha value is -1.35. The predicted octanol–water partition coefficient (Wildman–Crippen LogP) is 0.626. The Morgan fingerprint density at radius 3 is 3.00 bits per heavy atom. The molecule has 0 aliphatic carbocycles. The van der Waals surface area contributed by atoms with Crippen molar-refractivity contribution in [2.75, 3.05) is 13.1 Å². The van der Waals surface area contributed by atoms with Crippen LogP contribution in [-0.4, -0.2) is 25.0 Å². The Balaban J connectivity index is 2.04. The summed E-state index contributed by atoms with van der Waals surface area (Å²) in [6.07, 6.45) is 0.771. The lowest BCUT2D eigenvalue weighted by Gasteiger charge is -2.23. The van der Waals surface area contributed by atoms with E-state index in [1.54, 1.807) is 0 Å². The number of benzene rings is 1. The molecule has 1 aromatic rings. The molecule has 80 valence electrons. The van der Waals surface area contributed by atoms with Crippen LogP contribution in [0.2, 0.25) is 0 Å². The third-order valence-corrected chi connectivity index (χ3v) is 2.65. The summed E-state index contributed by atoms with van der Waals surface area (Å²) in [7, 11) is 0. The highest BCUT2D eigenvalue weighted by Gasteiger charge is 2.21. The number of hydrogen-bond acceptors (Lipinski definition) is 2. The molecule has 0 spiro atoms. The van der Waals surface area contributed by atoms with Crippen LogP contribution in [0.5, 0.6) is 0 Å². The van der Waals surface area contributed by atoms with Crippen LogP contribution in [0, 0.1) is 6.92 Å². The average Bonchev–Trinajstić information content (AvgIpc) is 2.22. The molecule has 3 heteroatoms. The molecule has 0 radical (unpaired) electrons. The lowest BCUT2D eigenvalue weighted by molar-refractivity contribution is -0.124. The Kier molecular flexibility index (Phi) is 3.02. The van der Waals surface area contributed by atoms with Crippen LogP contribution in [0.15, 0.2) is 24.3 Å². The van der Waals surface area contributed by atoms with Gasteiger partial charge in [-0.05, 0) is 18.9 Å². The zero-order chi connectivity index (χ0) is 10.7. The second-order valence-corrected chi connectivity index (χ2v) is 3.99. The SMILES string of the molecule is Cc1cccc(C[C@@H]2NCCNC2=O)c1. The molecule has 1 saturated heterocycles. The van der Waals surface area contributed by atoms with E-state index in [0.717, 1.165) is 19.5 Å². The molecule has 1 fully saturated rings. The maximum absolute atomic E-state index is 11.5. The van der Waals surface area contributed by atoms with Gasteiger partial charge >= 0.3 is 0 Å². The summed E-state index contributed by atoms with van der Waals surface area (Å²) in [6, 6.07) is 8.23. The molecule has 1 aliphatic heterocycles. The lowest BCUT2D eigenvalue weighted by Crippen LogP contribution is -2.53. The van der Waals surface area contributed by atoms with Crippen molar-refractivity contribution in [2.45, 2.75) is 19.4 Å². The summed E-state index contributed by atoms with van der Waals surface area (Å²) in [5.41, 5.74) is 2.45. The number of carbonyl (C=O) groups excluding carboxylic acids is 1. The Bertz CT molecular complexity index is 362. The van der Waals surface area contributed by atoms with E-state index in [0.29, 0.717) is 0 Å². The van der Waals surface area contributed by atoms with Crippen molar-refractivity contribution in [1.82, 2.24) is 10.6 Å². The van der Waals surface area contributed by atoms with E-state index in [1.165, 1.54) is 11.1 Å². The number of nitrogens with one attached hydrogen (secondary N) is 2. The van der Waals surface area contributed by atoms with Crippen molar-refractivity contribution in [1.29, 1.82) is 0 Å². The third kappa shape index (κ3) is 2.57. The molecule has 1 aliphatic rings. The number of rotatable bonds is 2. The van der Waals surface area contributed by atoms with Crippen LogP contribution < -0.4 is 10.6 Å². The first-order valence-electron chi connectivity index (χ1n) is 5.32. The summed E-state index contributed by atoms with van der Waals surface area (Å²) in [5, 5.41) is 6.09. The number of amides is 1. The first kappa shape index (κ1) is 10.2. The van der Waals surface area contributed by atoms with E-state index in [4.69, 9.17) is 0 Å². The van der Waals surface area contributed by atoms with Gasteiger partial charge in [-0.1, -0.05) is 29.8 Å². The molecule has 0 bridgehead atoms. The van der Waals surface area contributed by atoms with E-state index in [9.17, 15) is 4.79 Å². The quantitative estimate of drug-likeness (QED) is 0.741. The molecule has 0 aromatic heterocycles. The van der Waals surface area contributed by atoms with Gasteiger partial charge in [0, 0.05) is 13.1 Å². The van der Waals surface area contributed by atoms with E-state index in [2.05, 4.69) is 35.8 Å². The summed E-state index contributed by atoms with van der Waals surface area (Å²) in [5.74, 6) is 0.114. The van der Waals surface area contributed by atoms with Crippen molar-refractivity contribution in [3.8, 4) is 0 Å². The van der Waals surface area contributed by atoms with Crippen molar-refractivity contribution in [3.63, 3.8) is 0 Å². The fraction of sp³-hybridized carbons (Fsp3) is 0.417. The molecule has 15 heavy (non-hydrogen) atoms. The van der Waals surface area contributed by atoms with Crippen LogP contribution in [0.1, 0.15) is 11.1 Å². The second-order valence-electron chi connectivity index (χ2n) is 3.99. The van der Waals surface area contributed by atoms with Crippen LogP contribution in [0.25, 0.3) is 0 Å². The van der Waals surface area contributed by atoms with Crippen molar-refractivity contribution < 1.29 is 4.79 Å². The summed E-state index contributed by atoms with van der Waals surface area (Å²) in [4.78, 5) is 11.5. The topological polar surface area (TPSA) is 41.1 Å². The molecule has 3 nitrogen and oxygen atoms in total. The first-order valence-corrected chi connectivity index (χ1v) is 5.32. The van der Waals surface area contributed by atoms with Crippen LogP contribution in [0.4, 0.5) is 0 Å². The first-order chi connectivity index (χ1) is 7.25. The molecule has 2 rings (SSSR count). The van der Waals surface area contributed by atoms with Crippen molar-refractivity contribution >= 4 is 5.91 Å². The molecule has 2 N–H and O–H groups in total. The lowest BCUT2D eigenvalue weighted by atomic mass is 10.0. The fourth-order valence-electron chi connectivity index (χ4n) is 1.89. The summed E-state index contributed by atoms with van der Waals surface area (Å²) < 4.78 is 0. The Morgan fingerprint density at radius 1 is 1.40 bits per heavy atom. The highest BCUT2D eigenvalue weighted by molar-refractivity contribution is 5.82. The monoisotopic (exact) mass is 204 g/mol. The molecule has 1 amide bonds. The van der Waals surface area contributed by atoms with E-state index in [-0.39, 0.29) is 11.9 Å². The Labute approximate surface area is 89.9 Å². The number of aryl methyl sites for hydroxylation is 1. The van der Waals surface area contributed by atoms with E-state index in [1.807, 2.05) is 6.07 Å². The normalized spacial score (nSPS) is 21.1. The number of hydrogen-bond donors (Lipinski definition) is 2. The largest absolute Gasteiger partial charge is 0.353 e. The maximum atomic E-state index is 11.5. The molecule has 0 saturated carbocycles. The van der Waals surface area contributed by atoms with Gasteiger partial charge < -0.3 is 10.6 Å². The molecule has 0 unspecified atom stereocenters. The predicted molar refractivity (Wildman–Crippen MR) is 59.7 cm³/mol. The number of carbonyl (C=O) groups is 1. The average molecular weight is 204 g/mol. The minimum Gasteiger partial charge on any atom is -0.353 e. The van der Waals surface area contributed by atoms with E-state index < -0.39 is 0 Å². The van der Waals surface area contributed by atoms with Gasteiger partial charge in [-0.2, -0.15) is 0 Å². The van der Waals surface area contributed by atoms with Crippen LogP contribution in [0.3, 0.4) is 0 Å².